The van der Waals surface area contributed by atoms with E-state index in [4.69, 9.17) is 4.74 Å². The SMILES string of the molecule is Oc1ccc(O)c2c1COC2. The van der Waals surface area contributed by atoms with Gasteiger partial charge in [0.05, 0.1) is 13.2 Å². The van der Waals surface area contributed by atoms with Crippen LogP contribution in [-0.4, -0.2) is 10.2 Å². The number of phenolic OH excluding ortho intramolecular Hbond substituents is 2. The van der Waals surface area contributed by atoms with Crippen molar-refractivity contribution >= 4 is 0 Å². The number of fused-ring (bicyclic) bond motifs is 1. The third-order valence-electron chi connectivity index (χ3n) is 1.87. The number of benzene rings is 1. The topological polar surface area (TPSA) is 49.7 Å². The van der Waals surface area contributed by atoms with Crippen molar-refractivity contribution in [3.63, 3.8) is 0 Å². The van der Waals surface area contributed by atoms with Gasteiger partial charge in [-0.1, -0.05) is 0 Å². The second-order valence-electron chi connectivity index (χ2n) is 2.55. The quantitative estimate of drug-likeness (QED) is 0.548. The third-order valence-corrected chi connectivity index (χ3v) is 1.87. The number of aromatic hydroxyl groups is 2. The lowest BCUT2D eigenvalue weighted by atomic mass is 10.1. The summed E-state index contributed by atoms with van der Waals surface area (Å²) in [6, 6.07) is 2.95. The van der Waals surface area contributed by atoms with Gasteiger partial charge in [0, 0.05) is 11.1 Å². The fraction of sp³-hybridized carbons (Fsp3) is 0.250. The molecular weight excluding hydrogens is 144 g/mol. The first-order valence-corrected chi connectivity index (χ1v) is 3.39. The number of rotatable bonds is 0. The molecule has 0 saturated carbocycles. The summed E-state index contributed by atoms with van der Waals surface area (Å²) in [7, 11) is 0. The van der Waals surface area contributed by atoms with Crippen molar-refractivity contribution in [3.05, 3.63) is 23.3 Å². The molecule has 2 N–H and O–H groups in total. The van der Waals surface area contributed by atoms with E-state index in [9.17, 15) is 10.2 Å². The molecule has 0 spiro atoms. The Morgan fingerprint density at radius 1 is 1.00 bits per heavy atom. The standard InChI is InChI=1S/C8H8O3/c9-7-1-2-8(10)6-4-11-3-5(6)7/h1-2,9-10H,3-4H2. The molecule has 0 bridgehead atoms. The van der Waals surface area contributed by atoms with Crippen molar-refractivity contribution in [3.8, 4) is 11.5 Å². The molecule has 1 aromatic rings. The number of hydrogen-bond acceptors (Lipinski definition) is 3. The van der Waals surface area contributed by atoms with Crippen LogP contribution in [0.1, 0.15) is 11.1 Å². The maximum Gasteiger partial charge on any atom is 0.121 e. The summed E-state index contributed by atoms with van der Waals surface area (Å²) in [6.07, 6.45) is 0. The summed E-state index contributed by atoms with van der Waals surface area (Å²) in [4.78, 5) is 0. The van der Waals surface area contributed by atoms with Crippen LogP contribution < -0.4 is 0 Å². The van der Waals surface area contributed by atoms with Crippen LogP contribution in [0.2, 0.25) is 0 Å². The Bertz CT molecular complexity index is 265. The van der Waals surface area contributed by atoms with Crippen LogP contribution in [0.5, 0.6) is 11.5 Å². The first-order chi connectivity index (χ1) is 5.29. The van der Waals surface area contributed by atoms with Gasteiger partial charge in [0.2, 0.25) is 0 Å². The minimum absolute atomic E-state index is 0.204. The van der Waals surface area contributed by atoms with Gasteiger partial charge in [0.25, 0.3) is 0 Å². The fourth-order valence-corrected chi connectivity index (χ4v) is 1.25. The van der Waals surface area contributed by atoms with Crippen LogP contribution in [-0.2, 0) is 18.0 Å². The minimum atomic E-state index is 0.204. The molecule has 3 nitrogen and oxygen atoms in total. The molecule has 0 aliphatic carbocycles. The van der Waals surface area contributed by atoms with E-state index in [1.165, 1.54) is 12.1 Å². The zero-order valence-corrected chi connectivity index (χ0v) is 5.87. The largest absolute Gasteiger partial charge is 0.508 e. The normalized spacial score (nSPS) is 14.9. The zero-order valence-electron chi connectivity index (χ0n) is 5.87. The van der Waals surface area contributed by atoms with Crippen molar-refractivity contribution in [1.82, 2.24) is 0 Å². The molecule has 0 amide bonds. The molecule has 0 radical (unpaired) electrons. The first-order valence-electron chi connectivity index (χ1n) is 3.39. The second kappa shape index (κ2) is 2.13. The van der Waals surface area contributed by atoms with E-state index in [0.29, 0.717) is 24.3 Å². The zero-order chi connectivity index (χ0) is 7.84. The second-order valence-corrected chi connectivity index (χ2v) is 2.55. The molecule has 1 aliphatic heterocycles. The molecule has 0 unspecified atom stereocenters. The Kier molecular flexibility index (Phi) is 1.26. The molecular formula is C8H8O3. The average molecular weight is 152 g/mol. The highest BCUT2D eigenvalue weighted by Crippen LogP contribution is 2.34. The molecule has 0 saturated heterocycles. The number of ether oxygens (including phenoxy) is 1. The lowest BCUT2D eigenvalue weighted by molar-refractivity contribution is 0.132. The summed E-state index contributed by atoms with van der Waals surface area (Å²) >= 11 is 0. The summed E-state index contributed by atoms with van der Waals surface area (Å²) in [5.41, 5.74) is 1.43. The smallest absolute Gasteiger partial charge is 0.121 e. The van der Waals surface area contributed by atoms with E-state index in [1.807, 2.05) is 0 Å². The van der Waals surface area contributed by atoms with Crippen molar-refractivity contribution < 1.29 is 14.9 Å². The lowest BCUT2D eigenvalue weighted by Crippen LogP contribution is -1.82. The Morgan fingerprint density at radius 2 is 1.45 bits per heavy atom. The molecule has 3 heteroatoms. The molecule has 11 heavy (non-hydrogen) atoms. The van der Waals surface area contributed by atoms with E-state index in [-0.39, 0.29) is 11.5 Å². The Balaban J connectivity index is 2.64. The van der Waals surface area contributed by atoms with E-state index in [1.54, 1.807) is 0 Å². The lowest BCUT2D eigenvalue weighted by Gasteiger charge is -2.01. The molecule has 0 atom stereocenters. The summed E-state index contributed by atoms with van der Waals surface area (Å²) in [5.74, 6) is 0.408. The predicted molar refractivity (Wildman–Crippen MR) is 38.3 cm³/mol. The first kappa shape index (κ1) is 6.49. The number of phenols is 2. The van der Waals surface area contributed by atoms with E-state index in [0.717, 1.165) is 0 Å². The van der Waals surface area contributed by atoms with E-state index in [2.05, 4.69) is 0 Å². The van der Waals surface area contributed by atoms with Gasteiger partial charge in [-0.15, -0.1) is 0 Å². The molecule has 58 valence electrons. The van der Waals surface area contributed by atoms with Crippen LogP contribution in [0.25, 0.3) is 0 Å². The van der Waals surface area contributed by atoms with E-state index < -0.39 is 0 Å². The van der Waals surface area contributed by atoms with Crippen LogP contribution >= 0.6 is 0 Å². The van der Waals surface area contributed by atoms with Gasteiger partial charge in [-0.05, 0) is 12.1 Å². The highest BCUT2D eigenvalue weighted by molar-refractivity contribution is 5.48. The van der Waals surface area contributed by atoms with E-state index >= 15 is 0 Å². The predicted octanol–water partition coefficient (Wildman–Crippen LogP) is 1.13. The molecule has 1 heterocycles. The number of hydrogen-bond donors (Lipinski definition) is 2. The highest BCUT2D eigenvalue weighted by Gasteiger charge is 2.18. The van der Waals surface area contributed by atoms with Gasteiger partial charge < -0.3 is 14.9 Å². The Hall–Kier alpha value is -1.22. The summed E-state index contributed by atoms with van der Waals surface area (Å²) < 4.78 is 5.06. The van der Waals surface area contributed by atoms with Crippen LogP contribution in [0.4, 0.5) is 0 Å². The van der Waals surface area contributed by atoms with Gasteiger partial charge in [0.15, 0.2) is 0 Å². The molecule has 2 rings (SSSR count). The minimum Gasteiger partial charge on any atom is -0.508 e. The summed E-state index contributed by atoms with van der Waals surface area (Å²) in [6.45, 7) is 0.797. The van der Waals surface area contributed by atoms with Crippen molar-refractivity contribution in [1.29, 1.82) is 0 Å². The average Bonchev–Trinajstić information content (AvgIpc) is 2.45. The Morgan fingerprint density at radius 3 is 1.91 bits per heavy atom. The molecule has 1 aromatic carbocycles. The maximum absolute atomic E-state index is 9.26. The summed E-state index contributed by atoms with van der Waals surface area (Å²) in [5, 5.41) is 18.5. The van der Waals surface area contributed by atoms with Gasteiger partial charge in [-0.25, -0.2) is 0 Å². The third kappa shape index (κ3) is 0.851. The van der Waals surface area contributed by atoms with Gasteiger partial charge in [0.1, 0.15) is 11.5 Å². The molecule has 0 aromatic heterocycles. The van der Waals surface area contributed by atoms with Gasteiger partial charge >= 0.3 is 0 Å². The van der Waals surface area contributed by atoms with Crippen molar-refractivity contribution in [2.75, 3.05) is 0 Å². The van der Waals surface area contributed by atoms with Crippen LogP contribution in [0, 0.1) is 0 Å². The molecule has 0 fully saturated rings. The monoisotopic (exact) mass is 152 g/mol. The van der Waals surface area contributed by atoms with Gasteiger partial charge in [-0.2, -0.15) is 0 Å². The molecule has 1 aliphatic rings. The maximum atomic E-state index is 9.26. The van der Waals surface area contributed by atoms with Crippen molar-refractivity contribution in [2.24, 2.45) is 0 Å². The van der Waals surface area contributed by atoms with Crippen LogP contribution in [0.15, 0.2) is 12.1 Å². The Labute approximate surface area is 63.9 Å². The van der Waals surface area contributed by atoms with Crippen molar-refractivity contribution in [2.45, 2.75) is 13.2 Å². The highest BCUT2D eigenvalue weighted by atomic mass is 16.5. The van der Waals surface area contributed by atoms with Gasteiger partial charge in [-0.3, -0.25) is 0 Å². The fourth-order valence-electron chi connectivity index (χ4n) is 1.25. The van der Waals surface area contributed by atoms with Crippen LogP contribution in [0.3, 0.4) is 0 Å².